The molecule has 0 spiro atoms. The van der Waals surface area contributed by atoms with Gasteiger partial charge in [-0.1, -0.05) is 0 Å². The molecule has 2 unspecified atom stereocenters. The van der Waals surface area contributed by atoms with Crippen LogP contribution in [0, 0.1) is 0 Å². The van der Waals surface area contributed by atoms with E-state index in [2.05, 4.69) is 4.90 Å². The molecule has 2 heterocycles. The van der Waals surface area contributed by atoms with E-state index in [-0.39, 0.29) is 0 Å². The molecule has 2 aliphatic heterocycles. The van der Waals surface area contributed by atoms with Crippen molar-refractivity contribution in [2.24, 2.45) is 5.73 Å². The van der Waals surface area contributed by atoms with Crippen molar-refractivity contribution in [2.45, 2.75) is 24.9 Å². The molecule has 0 radical (unpaired) electrons. The number of nitrogens with two attached hydrogens (primary N) is 1. The van der Waals surface area contributed by atoms with Gasteiger partial charge in [-0.2, -0.15) is 0 Å². The molecule has 64 valence electrons. The first kappa shape index (κ1) is 7.53. The Labute approximate surface area is 67.5 Å². The average molecular weight is 156 g/mol. The van der Waals surface area contributed by atoms with Crippen molar-refractivity contribution in [3.05, 3.63) is 0 Å². The average Bonchev–Trinajstić information content (AvgIpc) is 2.04. The molecule has 2 fully saturated rings. The summed E-state index contributed by atoms with van der Waals surface area (Å²) in [5, 5.41) is 0. The molecule has 3 heteroatoms. The summed E-state index contributed by atoms with van der Waals surface area (Å²) >= 11 is 0. The standard InChI is InChI=1S/C8H16N2O/c9-7-1-2-8-6-11-4-3-10(8)5-7/h7-8H,1-6,9H2. The van der Waals surface area contributed by atoms with Crippen molar-refractivity contribution in [3.8, 4) is 0 Å². The number of ether oxygens (including phenoxy) is 1. The number of nitrogens with zero attached hydrogens (tertiary/aromatic N) is 1. The summed E-state index contributed by atoms with van der Waals surface area (Å²) in [6.07, 6.45) is 2.39. The summed E-state index contributed by atoms with van der Waals surface area (Å²) in [6, 6.07) is 1.08. The van der Waals surface area contributed by atoms with Crippen LogP contribution in [-0.2, 0) is 4.74 Å². The van der Waals surface area contributed by atoms with Crippen molar-refractivity contribution in [1.29, 1.82) is 0 Å². The molecule has 0 amide bonds. The smallest absolute Gasteiger partial charge is 0.0622 e. The first-order valence-corrected chi connectivity index (χ1v) is 4.43. The van der Waals surface area contributed by atoms with Crippen molar-refractivity contribution >= 4 is 0 Å². The second-order valence-corrected chi connectivity index (χ2v) is 3.56. The zero-order valence-corrected chi connectivity index (χ0v) is 6.83. The SMILES string of the molecule is NC1CCC2COCCN2C1. The highest BCUT2D eigenvalue weighted by atomic mass is 16.5. The Hall–Kier alpha value is -0.120. The fourth-order valence-corrected chi connectivity index (χ4v) is 1.99. The van der Waals surface area contributed by atoms with E-state index in [1.165, 1.54) is 12.8 Å². The summed E-state index contributed by atoms with van der Waals surface area (Å²) in [6.45, 7) is 3.97. The molecule has 0 saturated carbocycles. The molecule has 0 aromatic heterocycles. The predicted octanol–water partition coefficient (Wildman–Crippen LogP) is -0.192. The predicted molar refractivity (Wildman–Crippen MR) is 43.4 cm³/mol. The maximum atomic E-state index is 5.86. The number of fused-ring (bicyclic) bond motifs is 1. The normalized spacial score (nSPS) is 40.1. The van der Waals surface area contributed by atoms with Gasteiger partial charge in [-0.3, -0.25) is 4.90 Å². The second-order valence-electron chi connectivity index (χ2n) is 3.56. The maximum Gasteiger partial charge on any atom is 0.0622 e. The Morgan fingerprint density at radius 2 is 2.27 bits per heavy atom. The zero-order chi connectivity index (χ0) is 7.68. The van der Waals surface area contributed by atoms with Crippen molar-refractivity contribution in [3.63, 3.8) is 0 Å². The third-order valence-electron chi connectivity index (χ3n) is 2.69. The number of rotatable bonds is 0. The molecule has 0 aliphatic carbocycles. The Balaban J connectivity index is 1.93. The topological polar surface area (TPSA) is 38.5 Å². The number of hydrogen-bond acceptors (Lipinski definition) is 3. The summed E-state index contributed by atoms with van der Waals surface area (Å²) in [5.74, 6) is 0. The largest absolute Gasteiger partial charge is 0.378 e. The number of piperidine rings is 1. The fraction of sp³-hybridized carbons (Fsp3) is 1.00. The lowest BCUT2D eigenvalue weighted by Gasteiger charge is -2.41. The number of hydrogen-bond donors (Lipinski definition) is 1. The Morgan fingerprint density at radius 1 is 1.36 bits per heavy atom. The van der Waals surface area contributed by atoms with E-state index in [1.54, 1.807) is 0 Å². The van der Waals surface area contributed by atoms with Gasteiger partial charge in [0, 0.05) is 25.2 Å². The van der Waals surface area contributed by atoms with Gasteiger partial charge in [0.05, 0.1) is 13.2 Å². The van der Waals surface area contributed by atoms with Crippen LogP contribution in [0.5, 0.6) is 0 Å². The minimum atomic E-state index is 0.407. The van der Waals surface area contributed by atoms with Crippen LogP contribution in [0.25, 0.3) is 0 Å². The van der Waals surface area contributed by atoms with Gasteiger partial charge in [-0.25, -0.2) is 0 Å². The molecule has 0 aromatic carbocycles. The van der Waals surface area contributed by atoms with Crippen molar-refractivity contribution in [1.82, 2.24) is 4.90 Å². The van der Waals surface area contributed by atoms with Gasteiger partial charge in [0.15, 0.2) is 0 Å². The van der Waals surface area contributed by atoms with Crippen LogP contribution in [0.3, 0.4) is 0 Å². The Morgan fingerprint density at radius 3 is 3.18 bits per heavy atom. The molecule has 2 atom stereocenters. The van der Waals surface area contributed by atoms with Gasteiger partial charge in [0.1, 0.15) is 0 Å². The number of morpholine rings is 1. The lowest BCUT2D eigenvalue weighted by atomic mass is 9.99. The molecular weight excluding hydrogens is 140 g/mol. The van der Waals surface area contributed by atoms with E-state index in [9.17, 15) is 0 Å². The molecule has 0 bridgehead atoms. The third-order valence-corrected chi connectivity index (χ3v) is 2.69. The van der Waals surface area contributed by atoms with Crippen LogP contribution in [-0.4, -0.2) is 43.3 Å². The van der Waals surface area contributed by atoms with Crippen LogP contribution in [0.2, 0.25) is 0 Å². The Bertz CT molecular complexity index is 140. The highest BCUT2D eigenvalue weighted by molar-refractivity contribution is 4.84. The van der Waals surface area contributed by atoms with Gasteiger partial charge < -0.3 is 10.5 Å². The summed E-state index contributed by atoms with van der Waals surface area (Å²) < 4.78 is 5.39. The molecule has 2 rings (SSSR count). The molecule has 3 nitrogen and oxygen atoms in total. The van der Waals surface area contributed by atoms with E-state index < -0.39 is 0 Å². The first-order chi connectivity index (χ1) is 5.36. The maximum absolute atomic E-state index is 5.86. The van der Waals surface area contributed by atoms with E-state index in [0.29, 0.717) is 12.1 Å². The molecule has 11 heavy (non-hydrogen) atoms. The van der Waals surface area contributed by atoms with E-state index in [1.807, 2.05) is 0 Å². The van der Waals surface area contributed by atoms with Gasteiger partial charge in [0.25, 0.3) is 0 Å². The zero-order valence-electron chi connectivity index (χ0n) is 6.83. The van der Waals surface area contributed by atoms with Crippen LogP contribution in [0.15, 0.2) is 0 Å². The van der Waals surface area contributed by atoms with Crippen molar-refractivity contribution < 1.29 is 4.74 Å². The van der Waals surface area contributed by atoms with E-state index in [0.717, 1.165) is 26.3 Å². The summed E-state index contributed by atoms with van der Waals surface area (Å²) in [7, 11) is 0. The van der Waals surface area contributed by atoms with Gasteiger partial charge in [0.2, 0.25) is 0 Å². The second kappa shape index (κ2) is 3.09. The summed E-state index contributed by atoms with van der Waals surface area (Å²) in [4.78, 5) is 2.47. The lowest BCUT2D eigenvalue weighted by molar-refractivity contribution is -0.0271. The van der Waals surface area contributed by atoms with Gasteiger partial charge in [-0.15, -0.1) is 0 Å². The van der Waals surface area contributed by atoms with E-state index in [4.69, 9.17) is 10.5 Å². The molecule has 2 saturated heterocycles. The molecule has 2 N–H and O–H groups in total. The monoisotopic (exact) mass is 156 g/mol. The lowest BCUT2D eigenvalue weighted by Crippen LogP contribution is -2.54. The van der Waals surface area contributed by atoms with E-state index >= 15 is 0 Å². The first-order valence-electron chi connectivity index (χ1n) is 4.43. The molecular formula is C8H16N2O. The van der Waals surface area contributed by atoms with Gasteiger partial charge in [-0.05, 0) is 12.8 Å². The van der Waals surface area contributed by atoms with Crippen LogP contribution < -0.4 is 5.73 Å². The Kier molecular flexibility index (Phi) is 2.11. The van der Waals surface area contributed by atoms with Gasteiger partial charge >= 0.3 is 0 Å². The van der Waals surface area contributed by atoms with Crippen LogP contribution in [0.4, 0.5) is 0 Å². The highest BCUT2D eigenvalue weighted by Crippen LogP contribution is 2.18. The molecule has 2 aliphatic rings. The van der Waals surface area contributed by atoms with Crippen LogP contribution in [0.1, 0.15) is 12.8 Å². The molecule has 0 aromatic rings. The minimum absolute atomic E-state index is 0.407. The fourth-order valence-electron chi connectivity index (χ4n) is 1.99. The summed E-state index contributed by atoms with van der Waals surface area (Å²) in [5.41, 5.74) is 5.86. The van der Waals surface area contributed by atoms with Crippen LogP contribution >= 0.6 is 0 Å². The highest BCUT2D eigenvalue weighted by Gasteiger charge is 2.28. The quantitative estimate of drug-likeness (QED) is 0.528. The third kappa shape index (κ3) is 1.55. The van der Waals surface area contributed by atoms with Crippen molar-refractivity contribution in [2.75, 3.05) is 26.3 Å². The minimum Gasteiger partial charge on any atom is -0.378 e.